The van der Waals surface area contributed by atoms with E-state index in [2.05, 4.69) is 5.32 Å². The molecule has 0 aliphatic carbocycles. The first-order valence-corrected chi connectivity index (χ1v) is 6.95. The topological polar surface area (TPSA) is 41.5 Å². The highest BCUT2D eigenvalue weighted by Gasteiger charge is 2.28. The van der Waals surface area contributed by atoms with E-state index in [1.807, 2.05) is 0 Å². The van der Waals surface area contributed by atoms with Crippen LogP contribution in [-0.2, 0) is 11.3 Å². The van der Waals surface area contributed by atoms with E-state index in [9.17, 15) is 18.3 Å². The lowest BCUT2D eigenvalue weighted by Gasteiger charge is -2.10. The van der Waals surface area contributed by atoms with Gasteiger partial charge in [-0.1, -0.05) is 12.1 Å². The van der Waals surface area contributed by atoms with Crippen molar-refractivity contribution in [1.82, 2.24) is 5.32 Å². The molecule has 0 saturated heterocycles. The molecular weight excluding hydrogens is 291 g/mol. The summed E-state index contributed by atoms with van der Waals surface area (Å²) in [6.07, 6.45) is 0.0635. The maximum Gasteiger partial charge on any atom is 0.446 e. The van der Waals surface area contributed by atoms with Gasteiger partial charge in [0.25, 0.3) is 0 Å². The molecule has 0 bridgehead atoms. The zero-order valence-corrected chi connectivity index (χ0v) is 11.9. The fourth-order valence-corrected chi connectivity index (χ4v) is 2.13. The third-order valence-corrected chi connectivity index (χ3v) is 3.24. The highest BCUT2D eigenvalue weighted by atomic mass is 32.2. The molecule has 2 N–H and O–H groups in total. The summed E-state index contributed by atoms with van der Waals surface area (Å²) >= 11 is -0.120. The summed E-state index contributed by atoms with van der Waals surface area (Å²) in [5.74, 6) is 0. The SMILES string of the molecule is COCC(O)CCNCc1ccc(SC(F)(F)F)cc1. The molecule has 0 spiro atoms. The summed E-state index contributed by atoms with van der Waals surface area (Å²) in [4.78, 5) is 0.178. The van der Waals surface area contributed by atoms with Crippen molar-refractivity contribution >= 4 is 11.8 Å². The van der Waals surface area contributed by atoms with E-state index in [0.29, 0.717) is 26.1 Å². The number of nitrogens with one attached hydrogen (secondary N) is 1. The number of hydrogen-bond acceptors (Lipinski definition) is 4. The van der Waals surface area contributed by atoms with Gasteiger partial charge in [0, 0.05) is 18.6 Å². The van der Waals surface area contributed by atoms with Crippen LogP contribution in [0.15, 0.2) is 29.2 Å². The first-order valence-electron chi connectivity index (χ1n) is 6.13. The quantitative estimate of drug-likeness (QED) is 0.572. The van der Waals surface area contributed by atoms with Crippen LogP contribution in [0.5, 0.6) is 0 Å². The number of aliphatic hydroxyl groups excluding tert-OH is 1. The molecule has 3 nitrogen and oxygen atoms in total. The number of ether oxygens (including phenoxy) is 1. The Hall–Kier alpha value is -0.760. The zero-order valence-electron chi connectivity index (χ0n) is 11.1. The van der Waals surface area contributed by atoms with Crippen molar-refractivity contribution in [3.63, 3.8) is 0 Å². The lowest BCUT2D eigenvalue weighted by Crippen LogP contribution is -2.22. The molecular formula is C13H18F3NO2S. The number of benzene rings is 1. The van der Waals surface area contributed by atoms with Crippen LogP contribution in [0.2, 0.25) is 0 Å². The van der Waals surface area contributed by atoms with E-state index in [0.717, 1.165) is 5.56 Å². The Bertz CT molecular complexity index is 384. The van der Waals surface area contributed by atoms with E-state index < -0.39 is 11.6 Å². The standard InChI is InChI=1S/C13H18F3NO2S/c1-19-9-11(18)6-7-17-8-10-2-4-12(5-3-10)20-13(14,15)16/h2-5,11,17-18H,6-9H2,1H3. The molecule has 114 valence electrons. The largest absolute Gasteiger partial charge is 0.446 e. The van der Waals surface area contributed by atoms with Crippen molar-refractivity contribution in [2.75, 3.05) is 20.3 Å². The van der Waals surface area contributed by atoms with Crippen LogP contribution in [0.25, 0.3) is 0 Å². The van der Waals surface area contributed by atoms with Gasteiger partial charge in [-0.15, -0.1) is 0 Å². The average Bonchev–Trinajstić information content (AvgIpc) is 2.35. The first kappa shape index (κ1) is 17.3. The van der Waals surface area contributed by atoms with E-state index >= 15 is 0 Å². The van der Waals surface area contributed by atoms with Gasteiger partial charge in [0.2, 0.25) is 0 Å². The van der Waals surface area contributed by atoms with Gasteiger partial charge >= 0.3 is 5.51 Å². The normalized spacial score (nSPS) is 13.4. The van der Waals surface area contributed by atoms with Crippen LogP contribution in [0.1, 0.15) is 12.0 Å². The highest BCUT2D eigenvalue weighted by molar-refractivity contribution is 8.00. The van der Waals surface area contributed by atoms with Gasteiger partial charge in [0.05, 0.1) is 12.7 Å². The summed E-state index contributed by atoms with van der Waals surface area (Å²) in [5.41, 5.74) is -3.35. The van der Waals surface area contributed by atoms with Crippen LogP contribution in [0, 0.1) is 0 Å². The molecule has 0 aliphatic rings. The number of hydrogen-bond donors (Lipinski definition) is 2. The second-order valence-corrected chi connectivity index (χ2v) is 5.40. The van der Waals surface area contributed by atoms with Crippen molar-refractivity contribution in [3.05, 3.63) is 29.8 Å². The number of methoxy groups -OCH3 is 1. The van der Waals surface area contributed by atoms with Gasteiger partial charge in [0.1, 0.15) is 0 Å². The minimum atomic E-state index is -4.25. The average molecular weight is 309 g/mol. The highest BCUT2D eigenvalue weighted by Crippen LogP contribution is 2.36. The smallest absolute Gasteiger partial charge is 0.391 e. The molecule has 0 saturated carbocycles. The molecule has 1 atom stereocenters. The van der Waals surface area contributed by atoms with Crippen molar-refractivity contribution in [2.45, 2.75) is 29.5 Å². The van der Waals surface area contributed by atoms with Gasteiger partial charge in [-0.05, 0) is 42.4 Å². The van der Waals surface area contributed by atoms with E-state index in [4.69, 9.17) is 4.74 Å². The molecule has 0 heterocycles. The van der Waals surface area contributed by atoms with E-state index in [-0.39, 0.29) is 16.7 Å². The molecule has 20 heavy (non-hydrogen) atoms. The summed E-state index contributed by atoms with van der Waals surface area (Å²) < 4.78 is 41.2. The van der Waals surface area contributed by atoms with Crippen LogP contribution in [0.4, 0.5) is 13.2 Å². The minimum Gasteiger partial charge on any atom is -0.391 e. The molecule has 0 aliphatic heterocycles. The van der Waals surface area contributed by atoms with Crippen LogP contribution < -0.4 is 5.32 Å². The Balaban J connectivity index is 2.28. The van der Waals surface area contributed by atoms with Gasteiger partial charge in [-0.3, -0.25) is 0 Å². The number of alkyl halides is 3. The number of rotatable bonds is 8. The van der Waals surface area contributed by atoms with Crippen LogP contribution >= 0.6 is 11.8 Å². The molecule has 7 heteroatoms. The zero-order chi connectivity index (χ0) is 15.0. The predicted molar refractivity (Wildman–Crippen MR) is 72.6 cm³/mol. The second-order valence-electron chi connectivity index (χ2n) is 4.27. The third kappa shape index (κ3) is 7.74. The number of aliphatic hydroxyl groups is 1. The lowest BCUT2D eigenvalue weighted by atomic mass is 10.2. The summed E-state index contributed by atoms with van der Waals surface area (Å²) in [7, 11) is 1.52. The Morgan fingerprint density at radius 3 is 2.50 bits per heavy atom. The molecule has 1 rings (SSSR count). The molecule has 0 aromatic heterocycles. The van der Waals surface area contributed by atoms with Crippen molar-refractivity contribution < 1.29 is 23.0 Å². The molecule has 0 radical (unpaired) electrons. The molecule has 1 unspecified atom stereocenters. The Morgan fingerprint density at radius 2 is 1.95 bits per heavy atom. The van der Waals surface area contributed by atoms with Gasteiger partial charge in [-0.2, -0.15) is 13.2 Å². The van der Waals surface area contributed by atoms with Gasteiger partial charge in [0.15, 0.2) is 0 Å². The predicted octanol–water partition coefficient (Wildman–Crippen LogP) is 2.79. The molecule has 0 fully saturated rings. The Morgan fingerprint density at radius 1 is 1.30 bits per heavy atom. The van der Waals surface area contributed by atoms with Crippen LogP contribution in [0.3, 0.4) is 0 Å². The number of thioether (sulfide) groups is 1. The summed E-state index contributed by atoms with van der Waals surface area (Å²) in [6, 6.07) is 6.23. The van der Waals surface area contributed by atoms with Gasteiger partial charge < -0.3 is 15.2 Å². The fraction of sp³-hybridized carbons (Fsp3) is 0.538. The first-order chi connectivity index (χ1) is 9.40. The van der Waals surface area contributed by atoms with Crippen LogP contribution in [-0.4, -0.2) is 37.0 Å². The molecule has 1 aromatic rings. The lowest BCUT2D eigenvalue weighted by molar-refractivity contribution is -0.0328. The maximum absolute atomic E-state index is 12.1. The summed E-state index contributed by atoms with van der Waals surface area (Å²) in [6.45, 7) is 1.46. The summed E-state index contributed by atoms with van der Waals surface area (Å²) in [5, 5.41) is 12.5. The molecule has 0 amide bonds. The fourth-order valence-electron chi connectivity index (χ4n) is 1.59. The van der Waals surface area contributed by atoms with E-state index in [1.54, 1.807) is 12.1 Å². The maximum atomic E-state index is 12.1. The van der Waals surface area contributed by atoms with Crippen molar-refractivity contribution in [1.29, 1.82) is 0 Å². The third-order valence-electron chi connectivity index (χ3n) is 2.50. The Kier molecular flexibility index (Phi) is 7.36. The second kappa shape index (κ2) is 8.51. The van der Waals surface area contributed by atoms with Crippen molar-refractivity contribution in [3.8, 4) is 0 Å². The minimum absolute atomic E-state index is 0.120. The Labute approximate surface area is 120 Å². The molecule has 1 aromatic carbocycles. The monoisotopic (exact) mass is 309 g/mol. The number of halogens is 3. The van der Waals surface area contributed by atoms with E-state index in [1.165, 1.54) is 19.2 Å². The van der Waals surface area contributed by atoms with Gasteiger partial charge in [-0.25, -0.2) is 0 Å². The van der Waals surface area contributed by atoms with Crippen molar-refractivity contribution in [2.24, 2.45) is 0 Å².